The fraction of sp³-hybridized carbons (Fsp3) is 0.462. The summed E-state index contributed by atoms with van der Waals surface area (Å²) < 4.78 is 10.4. The zero-order valence-electron chi connectivity index (χ0n) is 10.1. The van der Waals surface area contributed by atoms with Gasteiger partial charge in [-0.3, -0.25) is 4.79 Å². The van der Waals surface area contributed by atoms with E-state index in [4.69, 9.17) is 15.2 Å². The van der Waals surface area contributed by atoms with Gasteiger partial charge in [0, 0.05) is 5.69 Å². The lowest BCUT2D eigenvalue weighted by Gasteiger charge is -2.06. The lowest BCUT2D eigenvalue weighted by atomic mass is 10.3. The van der Waals surface area contributed by atoms with E-state index in [0.717, 1.165) is 12.8 Å². The number of nitrogen functional groups attached to an aromatic ring is 1. The topological polar surface area (TPSA) is 61.5 Å². The van der Waals surface area contributed by atoms with E-state index in [9.17, 15) is 4.79 Å². The third-order valence-corrected chi connectivity index (χ3v) is 2.22. The number of rotatable bonds is 7. The van der Waals surface area contributed by atoms with E-state index in [-0.39, 0.29) is 12.4 Å². The lowest BCUT2D eigenvalue weighted by Crippen LogP contribution is -2.10. The van der Waals surface area contributed by atoms with Gasteiger partial charge in [0.1, 0.15) is 5.75 Å². The highest BCUT2D eigenvalue weighted by Crippen LogP contribution is 2.13. The summed E-state index contributed by atoms with van der Waals surface area (Å²) in [5.41, 5.74) is 6.23. The van der Waals surface area contributed by atoms with Gasteiger partial charge in [0.25, 0.3) is 0 Å². The maximum absolute atomic E-state index is 11.2. The predicted molar refractivity (Wildman–Crippen MR) is 66.8 cm³/mol. The third-order valence-electron chi connectivity index (χ3n) is 2.22. The summed E-state index contributed by atoms with van der Waals surface area (Å²) in [7, 11) is 0. The average molecular weight is 237 g/mol. The molecule has 0 fully saturated rings. The van der Waals surface area contributed by atoms with E-state index < -0.39 is 0 Å². The summed E-state index contributed by atoms with van der Waals surface area (Å²) in [4.78, 5) is 11.2. The van der Waals surface area contributed by atoms with Crippen LogP contribution in [0.3, 0.4) is 0 Å². The van der Waals surface area contributed by atoms with E-state index in [0.29, 0.717) is 24.7 Å². The molecule has 0 aliphatic heterocycles. The third kappa shape index (κ3) is 5.80. The number of carbonyl (C=O) groups is 1. The zero-order chi connectivity index (χ0) is 12.5. The highest BCUT2D eigenvalue weighted by atomic mass is 16.5. The second kappa shape index (κ2) is 7.54. The van der Waals surface area contributed by atoms with Crippen LogP contribution in [0.15, 0.2) is 24.3 Å². The minimum atomic E-state index is -0.214. The summed E-state index contributed by atoms with van der Waals surface area (Å²) in [5, 5.41) is 0. The molecule has 0 bridgehead atoms. The lowest BCUT2D eigenvalue weighted by molar-refractivity contribution is -0.144. The van der Waals surface area contributed by atoms with Crippen LogP contribution < -0.4 is 10.5 Å². The van der Waals surface area contributed by atoms with Gasteiger partial charge >= 0.3 is 5.97 Å². The van der Waals surface area contributed by atoms with Crippen molar-refractivity contribution >= 4 is 11.7 Å². The van der Waals surface area contributed by atoms with Crippen molar-refractivity contribution in [3.8, 4) is 5.75 Å². The van der Waals surface area contributed by atoms with E-state index in [1.807, 2.05) is 0 Å². The van der Waals surface area contributed by atoms with Crippen molar-refractivity contribution in [2.75, 3.05) is 18.9 Å². The largest absolute Gasteiger partial charge is 0.493 e. The van der Waals surface area contributed by atoms with Crippen molar-refractivity contribution < 1.29 is 14.3 Å². The molecule has 4 nitrogen and oxygen atoms in total. The SMILES string of the molecule is CCCCOC(=O)CCOc1ccc(N)cc1. The Labute approximate surface area is 102 Å². The molecule has 1 aromatic carbocycles. The molecule has 0 atom stereocenters. The second-order valence-electron chi connectivity index (χ2n) is 3.74. The van der Waals surface area contributed by atoms with Crippen molar-refractivity contribution in [3.05, 3.63) is 24.3 Å². The summed E-state index contributed by atoms with van der Waals surface area (Å²) >= 11 is 0. The van der Waals surface area contributed by atoms with Crippen LogP contribution in [0.4, 0.5) is 5.69 Å². The molecule has 0 saturated carbocycles. The minimum Gasteiger partial charge on any atom is -0.493 e. The molecular weight excluding hydrogens is 218 g/mol. The summed E-state index contributed by atoms with van der Waals surface area (Å²) in [6.07, 6.45) is 2.20. The standard InChI is InChI=1S/C13H19NO3/c1-2-3-9-17-13(15)8-10-16-12-6-4-11(14)5-7-12/h4-7H,2-3,8-10,14H2,1H3. The molecule has 0 radical (unpaired) electrons. The van der Waals surface area contributed by atoms with Crippen molar-refractivity contribution in [2.45, 2.75) is 26.2 Å². The normalized spacial score (nSPS) is 9.94. The molecule has 0 saturated heterocycles. The molecule has 0 amide bonds. The molecule has 1 rings (SSSR count). The van der Waals surface area contributed by atoms with Crippen LogP contribution in [-0.2, 0) is 9.53 Å². The zero-order valence-corrected chi connectivity index (χ0v) is 10.1. The molecule has 0 aromatic heterocycles. The smallest absolute Gasteiger partial charge is 0.309 e. The maximum Gasteiger partial charge on any atom is 0.309 e. The van der Waals surface area contributed by atoms with E-state index >= 15 is 0 Å². The molecule has 0 spiro atoms. The van der Waals surface area contributed by atoms with Gasteiger partial charge in [0.2, 0.25) is 0 Å². The van der Waals surface area contributed by atoms with Gasteiger partial charge in [-0.05, 0) is 30.7 Å². The molecule has 1 aromatic rings. The Morgan fingerprint density at radius 3 is 2.59 bits per heavy atom. The summed E-state index contributed by atoms with van der Waals surface area (Å²) in [6, 6.07) is 7.07. The van der Waals surface area contributed by atoms with Crippen LogP contribution in [0.2, 0.25) is 0 Å². The number of hydrogen-bond donors (Lipinski definition) is 1. The number of anilines is 1. The maximum atomic E-state index is 11.2. The Bertz CT molecular complexity index is 335. The van der Waals surface area contributed by atoms with E-state index in [1.165, 1.54) is 0 Å². The van der Waals surface area contributed by atoms with Crippen LogP contribution in [0, 0.1) is 0 Å². The number of nitrogens with two attached hydrogens (primary N) is 1. The Morgan fingerprint density at radius 2 is 1.94 bits per heavy atom. The molecule has 17 heavy (non-hydrogen) atoms. The van der Waals surface area contributed by atoms with Crippen LogP contribution in [0.5, 0.6) is 5.75 Å². The minimum absolute atomic E-state index is 0.214. The Kier molecular flexibility index (Phi) is 5.93. The van der Waals surface area contributed by atoms with Crippen LogP contribution in [-0.4, -0.2) is 19.2 Å². The molecule has 0 aliphatic rings. The number of hydrogen-bond acceptors (Lipinski definition) is 4. The highest BCUT2D eigenvalue weighted by Gasteiger charge is 2.02. The summed E-state index contributed by atoms with van der Waals surface area (Å²) in [6.45, 7) is 2.88. The molecular formula is C13H19NO3. The monoisotopic (exact) mass is 237 g/mol. The quantitative estimate of drug-likeness (QED) is 0.449. The van der Waals surface area contributed by atoms with Gasteiger partial charge in [-0.15, -0.1) is 0 Å². The Hall–Kier alpha value is -1.71. The number of benzene rings is 1. The Balaban J connectivity index is 2.14. The van der Waals surface area contributed by atoms with Crippen molar-refractivity contribution in [3.63, 3.8) is 0 Å². The van der Waals surface area contributed by atoms with Crippen LogP contribution >= 0.6 is 0 Å². The van der Waals surface area contributed by atoms with Crippen molar-refractivity contribution in [2.24, 2.45) is 0 Å². The summed E-state index contributed by atoms with van der Waals surface area (Å²) in [5.74, 6) is 0.495. The van der Waals surface area contributed by atoms with Crippen LogP contribution in [0.25, 0.3) is 0 Å². The predicted octanol–water partition coefficient (Wildman–Crippen LogP) is 2.38. The molecule has 4 heteroatoms. The van der Waals surface area contributed by atoms with Gasteiger partial charge in [-0.1, -0.05) is 13.3 Å². The van der Waals surface area contributed by atoms with Gasteiger partial charge in [0.15, 0.2) is 0 Å². The first kappa shape index (κ1) is 13.4. The van der Waals surface area contributed by atoms with Gasteiger partial charge < -0.3 is 15.2 Å². The fourth-order valence-corrected chi connectivity index (χ4v) is 1.22. The first-order valence-electron chi connectivity index (χ1n) is 5.86. The van der Waals surface area contributed by atoms with Gasteiger partial charge in [0.05, 0.1) is 19.6 Å². The van der Waals surface area contributed by atoms with Crippen LogP contribution in [0.1, 0.15) is 26.2 Å². The number of carbonyl (C=O) groups excluding carboxylic acids is 1. The molecule has 0 heterocycles. The van der Waals surface area contributed by atoms with Gasteiger partial charge in [-0.2, -0.15) is 0 Å². The molecule has 0 unspecified atom stereocenters. The van der Waals surface area contributed by atoms with Crippen molar-refractivity contribution in [1.29, 1.82) is 0 Å². The fourth-order valence-electron chi connectivity index (χ4n) is 1.22. The average Bonchev–Trinajstić information content (AvgIpc) is 2.32. The molecule has 2 N–H and O–H groups in total. The number of ether oxygens (including phenoxy) is 2. The number of unbranched alkanes of at least 4 members (excludes halogenated alkanes) is 1. The van der Waals surface area contributed by atoms with E-state index in [1.54, 1.807) is 24.3 Å². The first-order valence-corrected chi connectivity index (χ1v) is 5.86. The van der Waals surface area contributed by atoms with Gasteiger partial charge in [-0.25, -0.2) is 0 Å². The molecule has 0 aliphatic carbocycles. The van der Waals surface area contributed by atoms with Crippen molar-refractivity contribution in [1.82, 2.24) is 0 Å². The van der Waals surface area contributed by atoms with E-state index in [2.05, 4.69) is 6.92 Å². The second-order valence-corrected chi connectivity index (χ2v) is 3.74. The number of esters is 1. The highest BCUT2D eigenvalue weighted by molar-refractivity contribution is 5.69. The molecule has 94 valence electrons. The first-order chi connectivity index (χ1) is 8.22. The Morgan fingerprint density at radius 1 is 1.24 bits per heavy atom.